The summed E-state index contributed by atoms with van der Waals surface area (Å²) >= 11 is 0. The number of carbonyl (C=O) groups excluding carboxylic acids is 1. The first-order valence-electron chi connectivity index (χ1n) is 6.43. The highest BCUT2D eigenvalue weighted by molar-refractivity contribution is 6.07. The van der Waals surface area contributed by atoms with E-state index in [0.29, 0.717) is 6.42 Å². The van der Waals surface area contributed by atoms with E-state index in [-0.39, 0.29) is 5.78 Å². The van der Waals surface area contributed by atoms with Crippen LogP contribution in [0.1, 0.15) is 43.0 Å². The lowest BCUT2D eigenvalue weighted by atomic mass is 10.1. The van der Waals surface area contributed by atoms with Crippen molar-refractivity contribution in [1.29, 1.82) is 0 Å². The first kappa shape index (κ1) is 12.0. The monoisotopic (exact) mass is 230 g/mol. The van der Waals surface area contributed by atoms with Gasteiger partial charge in [0.2, 0.25) is 0 Å². The van der Waals surface area contributed by atoms with Crippen LogP contribution < -0.4 is 0 Å². The molecule has 1 fully saturated rings. The molecule has 1 aliphatic rings. The first-order valence-corrected chi connectivity index (χ1v) is 6.43. The van der Waals surface area contributed by atoms with Gasteiger partial charge in [-0.15, -0.1) is 0 Å². The first-order chi connectivity index (χ1) is 8.27. The summed E-state index contributed by atoms with van der Waals surface area (Å²) in [6.45, 7) is 4.33. The second-order valence-electron chi connectivity index (χ2n) is 4.75. The molecule has 1 saturated heterocycles. The second-order valence-corrected chi connectivity index (χ2v) is 4.75. The highest BCUT2D eigenvalue weighted by atomic mass is 16.1. The van der Waals surface area contributed by atoms with Gasteiger partial charge in [-0.25, -0.2) is 4.58 Å². The minimum Gasteiger partial charge on any atom is -0.294 e. The van der Waals surface area contributed by atoms with Crippen molar-refractivity contribution in [3.05, 3.63) is 35.9 Å². The van der Waals surface area contributed by atoms with Gasteiger partial charge in [0.05, 0.1) is 6.42 Å². The van der Waals surface area contributed by atoms with Crippen LogP contribution in [0.25, 0.3) is 0 Å². The Balaban J connectivity index is 2.03. The third-order valence-corrected chi connectivity index (χ3v) is 3.41. The minimum absolute atomic E-state index is 0.230. The maximum absolute atomic E-state index is 12.1. The molecule has 2 rings (SSSR count). The molecule has 0 amide bonds. The van der Waals surface area contributed by atoms with Gasteiger partial charge >= 0.3 is 0 Å². The Morgan fingerprint density at radius 1 is 1.12 bits per heavy atom. The molecule has 2 heteroatoms. The molecule has 0 radical (unpaired) electrons. The molecule has 0 atom stereocenters. The Kier molecular flexibility index (Phi) is 4.08. The standard InChI is InChI=1S/C15H20NO/c1-13(16-10-6-3-7-11-16)12-15(17)14-8-4-2-5-9-14/h2,4-5,8-9H,3,6-7,10-12H2,1H3/q+1. The fourth-order valence-electron chi connectivity index (χ4n) is 2.35. The number of benzene rings is 1. The number of nitrogens with zero attached hydrogens (tertiary/aromatic N) is 1. The third kappa shape index (κ3) is 3.26. The van der Waals surface area contributed by atoms with E-state index < -0.39 is 0 Å². The molecule has 17 heavy (non-hydrogen) atoms. The molecule has 1 aliphatic heterocycles. The number of rotatable bonds is 3. The van der Waals surface area contributed by atoms with Gasteiger partial charge in [-0.05, 0) is 6.42 Å². The predicted octanol–water partition coefficient (Wildman–Crippen LogP) is 2.92. The number of piperidine rings is 1. The highest BCUT2D eigenvalue weighted by Crippen LogP contribution is 2.08. The zero-order valence-corrected chi connectivity index (χ0v) is 10.5. The molecule has 0 aromatic heterocycles. The average Bonchev–Trinajstić information content (AvgIpc) is 2.40. The molecule has 1 aromatic rings. The van der Waals surface area contributed by atoms with E-state index in [0.717, 1.165) is 18.7 Å². The Bertz CT molecular complexity index is 412. The van der Waals surface area contributed by atoms with Crippen LogP contribution in [0.3, 0.4) is 0 Å². The molecule has 90 valence electrons. The van der Waals surface area contributed by atoms with Gasteiger partial charge < -0.3 is 0 Å². The molecule has 0 saturated carbocycles. The molecule has 0 unspecified atom stereocenters. The summed E-state index contributed by atoms with van der Waals surface area (Å²) < 4.78 is 2.37. The third-order valence-electron chi connectivity index (χ3n) is 3.41. The van der Waals surface area contributed by atoms with Crippen LogP contribution in [0.2, 0.25) is 0 Å². The van der Waals surface area contributed by atoms with Gasteiger partial charge in [-0.2, -0.15) is 0 Å². The number of Topliss-reactive ketones (excluding diaryl/α,β-unsaturated/α-hetero) is 1. The van der Waals surface area contributed by atoms with E-state index in [9.17, 15) is 4.79 Å². The van der Waals surface area contributed by atoms with Crippen LogP contribution in [0, 0.1) is 0 Å². The predicted molar refractivity (Wildman–Crippen MR) is 69.9 cm³/mol. The number of hydrogen-bond donors (Lipinski definition) is 0. The normalized spacial score (nSPS) is 15.7. The summed E-state index contributed by atoms with van der Waals surface area (Å²) in [5.74, 6) is 0.230. The summed E-state index contributed by atoms with van der Waals surface area (Å²) in [5, 5.41) is 0. The molecule has 2 nitrogen and oxygen atoms in total. The maximum Gasteiger partial charge on any atom is 0.172 e. The van der Waals surface area contributed by atoms with Crippen molar-refractivity contribution in [1.82, 2.24) is 0 Å². The van der Waals surface area contributed by atoms with Crippen LogP contribution in [0.4, 0.5) is 0 Å². The van der Waals surface area contributed by atoms with Gasteiger partial charge in [0, 0.05) is 25.3 Å². The minimum atomic E-state index is 0.230. The van der Waals surface area contributed by atoms with Gasteiger partial charge in [0.25, 0.3) is 0 Å². The van der Waals surface area contributed by atoms with Gasteiger partial charge in [0.1, 0.15) is 13.1 Å². The molecule has 1 aromatic carbocycles. The van der Waals surface area contributed by atoms with Crippen LogP contribution in [-0.2, 0) is 0 Å². The number of carbonyl (C=O) groups is 1. The SMILES string of the molecule is CC(CC(=O)c1ccccc1)=[N+]1CCCCC1. The van der Waals surface area contributed by atoms with Gasteiger partial charge in [-0.3, -0.25) is 4.79 Å². The number of ketones is 1. The molecular formula is C15H20NO+. The van der Waals surface area contributed by atoms with Crippen molar-refractivity contribution >= 4 is 11.5 Å². The zero-order valence-electron chi connectivity index (χ0n) is 10.5. The lowest BCUT2D eigenvalue weighted by molar-refractivity contribution is -0.538. The van der Waals surface area contributed by atoms with Crippen LogP contribution in [0.5, 0.6) is 0 Å². The van der Waals surface area contributed by atoms with Crippen molar-refractivity contribution in [2.24, 2.45) is 0 Å². The Morgan fingerprint density at radius 3 is 2.41 bits per heavy atom. The summed E-state index contributed by atoms with van der Waals surface area (Å²) in [6.07, 6.45) is 4.41. The number of hydrogen-bond acceptors (Lipinski definition) is 1. The average molecular weight is 230 g/mol. The summed E-state index contributed by atoms with van der Waals surface area (Å²) in [4.78, 5) is 12.1. The van der Waals surface area contributed by atoms with Crippen LogP contribution in [-0.4, -0.2) is 29.2 Å². The molecule has 0 bridgehead atoms. The quantitative estimate of drug-likeness (QED) is 0.577. The van der Waals surface area contributed by atoms with Gasteiger partial charge in [-0.1, -0.05) is 30.3 Å². The summed E-state index contributed by atoms with van der Waals surface area (Å²) in [7, 11) is 0. The molecular weight excluding hydrogens is 210 g/mol. The van der Waals surface area contributed by atoms with E-state index in [2.05, 4.69) is 11.5 Å². The van der Waals surface area contributed by atoms with E-state index in [4.69, 9.17) is 0 Å². The lowest BCUT2D eigenvalue weighted by Crippen LogP contribution is -2.27. The molecule has 0 aliphatic carbocycles. The fourth-order valence-corrected chi connectivity index (χ4v) is 2.35. The summed E-state index contributed by atoms with van der Waals surface area (Å²) in [5.41, 5.74) is 2.04. The van der Waals surface area contributed by atoms with E-state index >= 15 is 0 Å². The summed E-state index contributed by atoms with van der Waals surface area (Å²) in [6, 6.07) is 9.57. The van der Waals surface area contributed by atoms with Crippen molar-refractivity contribution in [2.75, 3.05) is 13.1 Å². The van der Waals surface area contributed by atoms with Crippen molar-refractivity contribution in [2.45, 2.75) is 32.6 Å². The molecule has 1 heterocycles. The smallest absolute Gasteiger partial charge is 0.172 e. The van der Waals surface area contributed by atoms with E-state index in [1.165, 1.54) is 25.0 Å². The van der Waals surface area contributed by atoms with Crippen LogP contribution in [0.15, 0.2) is 30.3 Å². The largest absolute Gasteiger partial charge is 0.294 e. The van der Waals surface area contributed by atoms with Crippen molar-refractivity contribution in [3.63, 3.8) is 0 Å². The highest BCUT2D eigenvalue weighted by Gasteiger charge is 2.17. The van der Waals surface area contributed by atoms with Crippen molar-refractivity contribution in [3.8, 4) is 0 Å². The Hall–Kier alpha value is -1.44. The van der Waals surface area contributed by atoms with Crippen molar-refractivity contribution < 1.29 is 9.37 Å². The lowest BCUT2D eigenvalue weighted by Gasteiger charge is -2.12. The Labute approximate surface area is 103 Å². The zero-order chi connectivity index (χ0) is 12.1. The molecule has 0 N–H and O–H groups in total. The van der Waals surface area contributed by atoms with E-state index in [1.807, 2.05) is 30.3 Å². The molecule has 0 spiro atoms. The van der Waals surface area contributed by atoms with E-state index in [1.54, 1.807) is 0 Å². The topological polar surface area (TPSA) is 20.1 Å². The van der Waals surface area contributed by atoms with Crippen LogP contribution >= 0.6 is 0 Å². The van der Waals surface area contributed by atoms with Gasteiger partial charge in [0.15, 0.2) is 11.5 Å². The second kappa shape index (κ2) is 5.76. The maximum atomic E-state index is 12.1. The Morgan fingerprint density at radius 2 is 1.76 bits per heavy atom. The fraction of sp³-hybridized carbons (Fsp3) is 0.467.